The zero-order chi connectivity index (χ0) is 11.6. The molecule has 0 atom stereocenters. The second-order valence-electron chi connectivity index (χ2n) is 2.92. The first-order valence-corrected chi connectivity index (χ1v) is 6.36. The van der Waals surface area contributed by atoms with Crippen LogP contribution < -0.4 is 4.18 Å². The Morgan fingerprint density at radius 3 is 2.94 bits per heavy atom. The molecule has 0 saturated heterocycles. The van der Waals surface area contributed by atoms with Crippen LogP contribution in [0, 0.1) is 0 Å². The van der Waals surface area contributed by atoms with Gasteiger partial charge in [-0.3, -0.25) is 4.55 Å². The van der Waals surface area contributed by atoms with Gasteiger partial charge in [0.25, 0.3) is 0 Å². The van der Waals surface area contributed by atoms with Crippen molar-refractivity contribution < 1.29 is 17.2 Å². The van der Waals surface area contributed by atoms with Gasteiger partial charge in [0.1, 0.15) is 5.75 Å². The largest absolute Gasteiger partial charge is 0.446 e. The molecule has 1 aliphatic heterocycles. The molecule has 1 N–H and O–H groups in total. The van der Waals surface area contributed by atoms with E-state index in [0.29, 0.717) is 0 Å². The number of benzene rings is 1. The summed E-state index contributed by atoms with van der Waals surface area (Å²) in [5.41, 5.74) is 0.908. The minimum atomic E-state index is -4.48. The maximum absolute atomic E-state index is 10.5. The molecule has 16 heavy (non-hydrogen) atoms. The summed E-state index contributed by atoms with van der Waals surface area (Å²) in [6.45, 7) is 0. The first-order chi connectivity index (χ1) is 7.54. The average molecular weight is 257 g/mol. The average Bonchev–Trinajstić information content (AvgIpc) is 2.39. The van der Waals surface area contributed by atoms with E-state index in [2.05, 4.69) is 8.58 Å². The van der Waals surface area contributed by atoms with Crippen LogP contribution in [0.5, 0.6) is 5.75 Å². The van der Waals surface area contributed by atoms with Gasteiger partial charge in [-0.1, -0.05) is 12.1 Å². The van der Waals surface area contributed by atoms with Crippen molar-refractivity contribution in [2.75, 3.05) is 0 Å². The molecule has 0 aliphatic carbocycles. The smallest absolute Gasteiger partial charge is 0.362 e. The Balaban J connectivity index is 2.36. The highest BCUT2D eigenvalue weighted by Crippen LogP contribution is 2.30. The first kappa shape index (κ1) is 11.2. The summed E-state index contributed by atoms with van der Waals surface area (Å²) >= 11 is 1.20. The van der Waals surface area contributed by atoms with Gasteiger partial charge < -0.3 is 4.18 Å². The van der Waals surface area contributed by atoms with Gasteiger partial charge in [-0.15, -0.1) is 0 Å². The fraction of sp³-hybridized carbons (Fsp3) is 0. The van der Waals surface area contributed by atoms with Gasteiger partial charge in [0.15, 0.2) is 0 Å². The number of nitrogens with zero attached hydrogens (tertiary/aromatic N) is 1. The zero-order valence-corrected chi connectivity index (χ0v) is 9.53. The van der Waals surface area contributed by atoms with Crippen molar-refractivity contribution in [1.29, 1.82) is 0 Å². The van der Waals surface area contributed by atoms with Crippen molar-refractivity contribution >= 4 is 34.6 Å². The maximum Gasteiger partial charge on any atom is 0.446 e. The van der Waals surface area contributed by atoms with Crippen LogP contribution >= 0.6 is 11.9 Å². The minimum Gasteiger partial charge on any atom is -0.362 e. The molecule has 1 aliphatic rings. The van der Waals surface area contributed by atoms with E-state index in [9.17, 15) is 8.42 Å². The van der Waals surface area contributed by atoms with Gasteiger partial charge >= 0.3 is 10.4 Å². The summed E-state index contributed by atoms with van der Waals surface area (Å²) in [6.07, 6.45) is 5.26. The third-order valence-corrected chi connectivity index (χ3v) is 2.94. The fourth-order valence-corrected chi connectivity index (χ4v) is 2.18. The van der Waals surface area contributed by atoms with Crippen molar-refractivity contribution in [2.24, 2.45) is 4.40 Å². The van der Waals surface area contributed by atoms with Crippen molar-refractivity contribution in [3.63, 3.8) is 0 Å². The van der Waals surface area contributed by atoms with Crippen molar-refractivity contribution in [3.05, 3.63) is 29.8 Å². The third kappa shape index (κ3) is 2.84. The number of hydrogen-bond donors (Lipinski definition) is 1. The van der Waals surface area contributed by atoms with E-state index < -0.39 is 10.4 Å². The summed E-state index contributed by atoms with van der Waals surface area (Å²) in [7, 11) is -4.48. The van der Waals surface area contributed by atoms with Crippen molar-refractivity contribution in [2.45, 2.75) is 4.90 Å². The van der Waals surface area contributed by atoms with Crippen LogP contribution in [0.1, 0.15) is 5.56 Å². The van der Waals surface area contributed by atoms with E-state index in [0.717, 1.165) is 10.5 Å². The number of fused-ring (bicyclic) bond motifs is 1. The molecule has 7 heteroatoms. The Hall–Kier alpha value is -1.31. The Bertz CT molecular complexity index is 563. The minimum absolute atomic E-state index is 0.0549. The van der Waals surface area contributed by atoms with E-state index in [4.69, 9.17) is 4.55 Å². The molecule has 0 radical (unpaired) electrons. The highest BCUT2D eigenvalue weighted by Gasteiger charge is 2.10. The van der Waals surface area contributed by atoms with Crippen molar-refractivity contribution in [3.8, 4) is 5.75 Å². The molecule has 0 bridgehead atoms. The Kier molecular flexibility index (Phi) is 2.99. The summed E-state index contributed by atoms with van der Waals surface area (Å²) in [5, 5.41) is 0. The molecule has 0 fully saturated rings. The lowest BCUT2D eigenvalue weighted by molar-refractivity contribution is 0.386. The molecule has 0 aromatic heterocycles. The van der Waals surface area contributed by atoms with Crippen LogP contribution in [-0.4, -0.2) is 19.2 Å². The van der Waals surface area contributed by atoms with E-state index in [1.807, 2.05) is 6.08 Å². The molecule has 84 valence electrons. The lowest BCUT2D eigenvalue weighted by Gasteiger charge is -2.05. The first-order valence-electron chi connectivity index (χ1n) is 4.22. The van der Waals surface area contributed by atoms with Crippen LogP contribution in [0.25, 0.3) is 6.08 Å². The summed E-state index contributed by atoms with van der Waals surface area (Å²) < 4.78 is 37.9. The molecule has 0 saturated carbocycles. The topological polar surface area (TPSA) is 76.0 Å². The third-order valence-electron chi connectivity index (χ3n) is 1.76. The quantitative estimate of drug-likeness (QED) is 0.647. The van der Waals surface area contributed by atoms with E-state index in [1.54, 1.807) is 18.4 Å². The molecular weight excluding hydrogens is 250 g/mol. The van der Waals surface area contributed by atoms with Crippen LogP contribution in [0.4, 0.5) is 0 Å². The van der Waals surface area contributed by atoms with E-state index in [-0.39, 0.29) is 5.75 Å². The lowest BCUT2D eigenvalue weighted by atomic mass is 10.2. The molecule has 0 spiro atoms. The van der Waals surface area contributed by atoms with Gasteiger partial charge in [0, 0.05) is 23.1 Å². The van der Waals surface area contributed by atoms with E-state index in [1.165, 1.54) is 24.1 Å². The summed E-state index contributed by atoms with van der Waals surface area (Å²) in [6, 6.07) is 4.65. The normalized spacial score (nSPS) is 14.3. The van der Waals surface area contributed by atoms with Crippen LogP contribution in [0.3, 0.4) is 0 Å². The number of allylic oxidation sites excluding steroid dienone is 1. The summed E-state index contributed by atoms with van der Waals surface area (Å²) in [4.78, 5) is 0.756. The van der Waals surface area contributed by atoms with Crippen LogP contribution in [0.2, 0.25) is 0 Å². The van der Waals surface area contributed by atoms with Crippen LogP contribution in [-0.2, 0) is 10.4 Å². The molecule has 0 unspecified atom stereocenters. The maximum atomic E-state index is 10.5. The molecule has 2 rings (SSSR count). The second kappa shape index (κ2) is 4.28. The molecule has 1 aromatic carbocycles. The zero-order valence-electron chi connectivity index (χ0n) is 7.90. The summed E-state index contributed by atoms with van der Waals surface area (Å²) in [5.74, 6) is 0.0549. The van der Waals surface area contributed by atoms with Gasteiger partial charge in [0.2, 0.25) is 0 Å². The SMILES string of the molecule is O=S(=O)(O)Oc1ccc2c(c1)SN=CC=C2. The van der Waals surface area contributed by atoms with Gasteiger partial charge in [-0.05, 0) is 23.8 Å². The highest BCUT2D eigenvalue weighted by molar-refractivity contribution is 7.98. The second-order valence-corrected chi connectivity index (χ2v) is 4.77. The molecule has 5 nitrogen and oxygen atoms in total. The number of hydrogen-bond acceptors (Lipinski definition) is 5. The Labute approximate surface area is 96.9 Å². The van der Waals surface area contributed by atoms with Gasteiger partial charge in [0.05, 0.1) is 0 Å². The van der Waals surface area contributed by atoms with Crippen molar-refractivity contribution in [1.82, 2.24) is 0 Å². The molecule has 1 aromatic rings. The molecular formula is C9H7NO4S2. The van der Waals surface area contributed by atoms with E-state index >= 15 is 0 Å². The predicted molar refractivity (Wildman–Crippen MR) is 62.0 cm³/mol. The van der Waals surface area contributed by atoms with Gasteiger partial charge in [-0.2, -0.15) is 8.42 Å². The number of rotatable bonds is 2. The Morgan fingerprint density at radius 1 is 1.38 bits per heavy atom. The monoisotopic (exact) mass is 257 g/mol. The molecule has 0 amide bonds. The fourth-order valence-electron chi connectivity index (χ4n) is 1.17. The van der Waals surface area contributed by atoms with Gasteiger partial charge in [-0.25, -0.2) is 4.40 Å². The lowest BCUT2D eigenvalue weighted by Crippen LogP contribution is -2.06. The van der Waals surface area contributed by atoms with Crippen LogP contribution in [0.15, 0.2) is 33.6 Å². The predicted octanol–water partition coefficient (Wildman–Crippen LogP) is 1.97. The standard InChI is InChI=1S/C9H7NO4S2/c11-16(12,13)14-8-4-3-7-2-1-5-10-15-9(7)6-8/h1-6H,(H,11,12,13). The Morgan fingerprint density at radius 2 is 2.19 bits per heavy atom. The highest BCUT2D eigenvalue weighted by atomic mass is 32.3. The molecule has 1 heterocycles.